The van der Waals surface area contributed by atoms with Crippen LogP contribution in [0, 0.1) is 10.1 Å². The quantitative estimate of drug-likeness (QED) is 0.473. The molecule has 4 rings (SSSR count). The van der Waals surface area contributed by atoms with Crippen LogP contribution in [0.1, 0.15) is 19.3 Å². The summed E-state index contributed by atoms with van der Waals surface area (Å²) in [6.45, 7) is 0.206. The highest BCUT2D eigenvalue weighted by atomic mass is 32.2. The van der Waals surface area contributed by atoms with Crippen LogP contribution >= 0.6 is 11.3 Å². The number of benzene rings is 2. The number of fused-ring (bicyclic) bond motifs is 1. The predicted molar refractivity (Wildman–Crippen MR) is 113 cm³/mol. The van der Waals surface area contributed by atoms with Crippen molar-refractivity contribution in [1.82, 2.24) is 9.29 Å². The molecular formula is C19H18N4O5S2. The maximum atomic E-state index is 13.1. The first-order valence-electron chi connectivity index (χ1n) is 9.29. The molecule has 30 heavy (non-hydrogen) atoms. The maximum absolute atomic E-state index is 13.1. The number of piperidine rings is 1. The second-order valence-electron chi connectivity index (χ2n) is 6.85. The van der Waals surface area contributed by atoms with Gasteiger partial charge < -0.3 is 5.32 Å². The summed E-state index contributed by atoms with van der Waals surface area (Å²) >= 11 is 1.32. The Balaban J connectivity index is 1.58. The lowest BCUT2D eigenvalue weighted by atomic mass is 10.0. The van der Waals surface area contributed by atoms with Gasteiger partial charge in [0.2, 0.25) is 15.9 Å². The van der Waals surface area contributed by atoms with Crippen LogP contribution in [0.2, 0.25) is 0 Å². The highest BCUT2D eigenvalue weighted by Gasteiger charge is 2.38. The number of nitro groups is 1. The smallest absolute Gasteiger partial charge is 0.269 e. The normalized spacial score (nSPS) is 17.7. The monoisotopic (exact) mass is 446 g/mol. The third-order valence-corrected chi connectivity index (χ3v) is 7.81. The van der Waals surface area contributed by atoms with E-state index in [-0.39, 0.29) is 17.1 Å². The molecule has 1 amide bonds. The molecule has 1 aromatic heterocycles. The summed E-state index contributed by atoms with van der Waals surface area (Å²) in [6.07, 6.45) is 1.75. The van der Waals surface area contributed by atoms with Gasteiger partial charge in [0, 0.05) is 18.7 Å². The molecule has 2 heterocycles. The molecule has 0 radical (unpaired) electrons. The Kier molecular flexibility index (Phi) is 5.50. The van der Waals surface area contributed by atoms with Gasteiger partial charge in [-0.1, -0.05) is 29.9 Å². The summed E-state index contributed by atoms with van der Waals surface area (Å²) in [4.78, 5) is 27.5. The predicted octanol–water partition coefficient (Wildman–Crippen LogP) is 3.39. The Labute approximate surface area is 176 Å². The number of aromatic nitrogens is 1. The van der Waals surface area contributed by atoms with Crippen molar-refractivity contribution < 1.29 is 18.1 Å². The van der Waals surface area contributed by atoms with E-state index in [4.69, 9.17) is 0 Å². The Morgan fingerprint density at radius 1 is 1.17 bits per heavy atom. The number of thiazole rings is 1. The fraction of sp³-hybridized carbons (Fsp3) is 0.263. The first-order valence-corrected chi connectivity index (χ1v) is 11.5. The second kappa shape index (κ2) is 8.09. The zero-order valence-electron chi connectivity index (χ0n) is 15.7. The van der Waals surface area contributed by atoms with Crippen molar-refractivity contribution in [3.05, 3.63) is 58.6 Å². The van der Waals surface area contributed by atoms with Crippen LogP contribution in [0.4, 0.5) is 10.8 Å². The van der Waals surface area contributed by atoms with E-state index < -0.39 is 26.9 Å². The zero-order chi connectivity index (χ0) is 21.3. The molecule has 1 saturated heterocycles. The van der Waals surface area contributed by atoms with Gasteiger partial charge in [0.15, 0.2) is 5.13 Å². The van der Waals surface area contributed by atoms with Crippen LogP contribution in [-0.4, -0.2) is 41.1 Å². The molecule has 0 spiro atoms. The van der Waals surface area contributed by atoms with Crippen molar-refractivity contribution in [3.8, 4) is 0 Å². The van der Waals surface area contributed by atoms with Crippen LogP contribution in [0.5, 0.6) is 0 Å². The van der Waals surface area contributed by atoms with E-state index in [0.717, 1.165) is 28.8 Å². The number of hydrogen-bond donors (Lipinski definition) is 1. The third-order valence-electron chi connectivity index (χ3n) is 4.93. The number of hydrogen-bond acceptors (Lipinski definition) is 7. The topological polar surface area (TPSA) is 123 Å². The van der Waals surface area contributed by atoms with Gasteiger partial charge in [0.25, 0.3) is 5.69 Å². The number of sulfonamides is 1. The molecule has 3 aromatic rings. The average Bonchev–Trinajstić information content (AvgIpc) is 3.16. The molecule has 0 bridgehead atoms. The summed E-state index contributed by atoms with van der Waals surface area (Å²) in [5.74, 6) is -0.431. The van der Waals surface area contributed by atoms with Gasteiger partial charge in [-0.2, -0.15) is 4.31 Å². The van der Waals surface area contributed by atoms with Crippen molar-refractivity contribution in [3.63, 3.8) is 0 Å². The van der Waals surface area contributed by atoms with Gasteiger partial charge in [0.1, 0.15) is 6.04 Å². The molecule has 1 unspecified atom stereocenters. The molecule has 1 aliphatic heterocycles. The summed E-state index contributed by atoms with van der Waals surface area (Å²) in [7, 11) is -3.98. The number of anilines is 1. The molecule has 9 nitrogen and oxygen atoms in total. The molecule has 156 valence electrons. The highest BCUT2D eigenvalue weighted by Crippen LogP contribution is 2.29. The van der Waals surface area contributed by atoms with Crippen molar-refractivity contribution >= 4 is 48.3 Å². The van der Waals surface area contributed by atoms with Gasteiger partial charge >= 0.3 is 0 Å². The number of nitrogens with zero attached hydrogens (tertiary/aromatic N) is 3. The van der Waals surface area contributed by atoms with Crippen LogP contribution in [0.3, 0.4) is 0 Å². The standard InChI is InChI=1S/C19H18N4O5S2/c24-18(21-19-20-15-5-1-2-7-17(15)29-19)16-6-3-4-12-22(16)30(27,28)14-10-8-13(9-11-14)23(25)26/h1-2,5,7-11,16H,3-4,6,12H2,(H,20,21,24). The molecule has 2 aromatic carbocycles. The van der Waals surface area contributed by atoms with Gasteiger partial charge in [-0.3, -0.25) is 14.9 Å². The van der Waals surface area contributed by atoms with Gasteiger partial charge in [-0.15, -0.1) is 0 Å². The minimum Gasteiger partial charge on any atom is -0.301 e. The number of nitrogens with one attached hydrogen (secondary N) is 1. The lowest BCUT2D eigenvalue weighted by molar-refractivity contribution is -0.384. The van der Waals surface area contributed by atoms with Crippen LogP contribution < -0.4 is 5.32 Å². The summed E-state index contributed by atoms with van der Waals surface area (Å²) in [5, 5.41) is 14.0. The van der Waals surface area contributed by atoms with Crippen molar-refractivity contribution in [1.29, 1.82) is 0 Å². The van der Waals surface area contributed by atoms with E-state index in [1.807, 2.05) is 24.3 Å². The van der Waals surface area contributed by atoms with E-state index in [2.05, 4.69) is 10.3 Å². The van der Waals surface area contributed by atoms with E-state index >= 15 is 0 Å². The number of carbonyl (C=O) groups excluding carboxylic acids is 1. The fourth-order valence-electron chi connectivity index (χ4n) is 3.44. The van der Waals surface area contributed by atoms with Gasteiger partial charge in [-0.25, -0.2) is 13.4 Å². The van der Waals surface area contributed by atoms with Crippen molar-refractivity contribution in [2.45, 2.75) is 30.2 Å². The number of non-ortho nitro benzene ring substituents is 1. The van der Waals surface area contributed by atoms with Crippen LogP contribution in [-0.2, 0) is 14.8 Å². The first-order chi connectivity index (χ1) is 14.4. The van der Waals surface area contributed by atoms with E-state index in [0.29, 0.717) is 18.0 Å². The SMILES string of the molecule is O=C(Nc1nc2ccccc2s1)C1CCCCN1S(=O)(=O)c1ccc([N+](=O)[O-])cc1. The number of carbonyl (C=O) groups is 1. The number of amides is 1. The minimum absolute atomic E-state index is 0.0761. The number of rotatable bonds is 5. The fourth-order valence-corrected chi connectivity index (χ4v) is 5.97. The Hall–Kier alpha value is -2.89. The van der Waals surface area contributed by atoms with E-state index in [1.54, 1.807) is 0 Å². The lowest BCUT2D eigenvalue weighted by Crippen LogP contribution is -2.49. The lowest BCUT2D eigenvalue weighted by Gasteiger charge is -2.33. The third kappa shape index (κ3) is 3.91. The van der Waals surface area contributed by atoms with Gasteiger partial charge in [-0.05, 0) is 37.1 Å². The van der Waals surface area contributed by atoms with Gasteiger partial charge in [0.05, 0.1) is 20.0 Å². The van der Waals surface area contributed by atoms with E-state index in [1.165, 1.54) is 27.8 Å². The minimum atomic E-state index is -3.98. The van der Waals surface area contributed by atoms with E-state index in [9.17, 15) is 23.3 Å². The molecule has 0 aliphatic carbocycles. The molecule has 1 fully saturated rings. The molecule has 11 heteroatoms. The Morgan fingerprint density at radius 2 is 1.90 bits per heavy atom. The Bertz CT molecular complexity index is 1170. The van der Waals surface area contributed by atoms with Crippen molar-refractivity contribution in [2.75, 3.05) is 11.9 Å². The number of para-hydroxylation sites is 1. The van der Waals surface area contributed by atoms with Crippen molar-refractivity contribution in [2.24, 2.45) is 0 Å². The number of nitro benzene ring substituents is 1. The van der Waals surface area contributed by atoms with Crippen LogP contribution in [0.15, 0.2) is 53.4 Å². The molecule has 0 saturated carbocycles. The summed E-state index contributed by atoms with van der Waals surface area (Å²) < 4.78 is 28.4. The summed E-state index contributed by atoms with van der Waals surface area (Å²) in [6, 6.07) is 11.3. The van der Waals surface area contributed by atoms with Crippen LogP contribution in [0.25, 0.3) is 10.2 Å². The molecule has 1 atom stereocenters. The average molecular weight is 447 g/mol. The molecule has 1 N–H and O–H groups in total. The molecule has 1 aliphatic rings. The highest BCUT2D eigenvalue weighted by molar-refractivity contribution is 7.89. The largest absolute Gasteiger partial charge is 0.301 e. The first kappa shape index (κ1) is 20.4. The maximum Gasteiger partial charge on any atom is 0.269 e. The zero-order valence-corrected chi connectivity index (χ0v) is 17.4. The second-order valence-corrected chi connectivity index (χ2v) is 9.78. The Morgan fingerprint density at radius 3 is 2.60 bits per heavy atom. The summed E-state index contributed by atoms with van der Waals surface area (Å²) in [5.41, 5.74) is 0.564. The molecular weight excluding hydrogens is 428 g/mol.